The maximum atomic E-state index is 11.7. The minimum Gasteiger partial charge on any atom is -0.396 e. The average Bonchev–Trinajstić information content (AvgIpc) is 2.49. The molecule has 1 aliphatic heterocycles. The van der Waals surface area contributed by atoms with Crippen LogP contribution in [-0.2, 0) is 19.7 Å². The van der Waals surface area contributed by atoms with Crippen LogP contribution in [0.1, 0.15) is 6.42 Å². The fourth-order valence-electron chi connectivity index (χ4n) is 2.31. The number of anilines is 2. The molecule has 0 bridgehead atoms. The van der Waals surface area contributed by atoms with Gasteiger partial charge in [0.05, 0.1) is 27.8 Å². The van der Waals surface area contributed by atoms with Gasteiger partial charge >= 0.3 is 0 Å². The van der Waals surface area contributed by atoms with E-state index in [9.17, 15) is 16.8 Å². The van der Waals surface area contributed by atoms with Gasteiger partial charge in [0.2, 0.25) is 0 Å². The normalized spacial score (nSPS) is 19.6. The topological polar surface area (TPSA) is 97.5 Å². The van der Waals surface area contributed by atoms with Gasteiger partial charge in [0.15, 0.2) is 19.7 Å². The second-order valence-electron chi connectivity index (χ2n) is 4.95. The molecule has 2 N–H and O–H groups in total. The number of nitrogen functional groups attached to an aromatic ring is 1. The van der Waals surface area contributed by atoms with Crippen LogP contribution in [0.4, 0.5) is 11.4 Å². The van der Waals surface area contributed by atoms with Crippen molar-refractivity contribution in [2.24, 2.45) is 0 Å². The number of hydrogen-bond donors (Lipinski definition) is 1. The Morgan fingerprint density at radius 1 is 1.20 bits per heavy atom. The molecule has 8 heteroatoms. The van der Waals surface area contributed by atoms with E-state index in [-0.39, 0.29) is 22.1 Å². The van der Waals surface area contributed by atoms with E-state index in [2.05, 4.69) is 0 Å². The lowest BCUT2D eigenvalue weighted by molar-refractivity contribution is 0.596. The molecule has 1 saturated heterocycles. The molecule has 1 heterocycles. The highest BCUT2D eigenvalue weighted by atomic mass is 32.2. The summed E-state index contributed by atoms with van der Waals surface area (Å²) in [6.45, 7) is 0.885. The van der Waals surface area contributed by atoms with E-state index < -0.39 is 19.7 Å². The van der Waals surface area contributed by atoms with Gasteiger partial charge in [-0.3, -0.25) is 0 Å². The highest BCUT2D eigenvalue weighted by Gasteiger charge is 2.22. The minimum absolute atomic E-state index is 0.0650. The number of rotatable bonds is 2. The zero-order chi connectivity index (χ0) is 15.0. The number of benzene rings is 1. The average molecular weight is 318 g/mol. The van der Waals surface area contributed by atoms with Gasteiger partial charge in [0.1, 0.15) is 0 Å². The molecular formula is C12H18N2O4S2. The van der Waals surface area contributed by atoms with Crippen LogP contribution in [0.15, 0.2) is 23.1 Å². The van der Waals surface area contributed by atoms with Crippen molar-refractivity contribution in [1.82, 2.24) is 0 Å². The Morgan fingerprint density at radius 2 is 1.90 bits per heavy atom. The Balaban J connectivity index is 2.39. The monoisotopic (exact) mass is 318 g/mol. The second-order valence-corrected chi connectivity index (χ2v) is 9.24. The zero-order valence-corrected chi connectivity index (χ0v) is 12.9. The van der Waals surface area contributed by atoms with E-state index in [1.54, 1.807) is 12.1 Å². The molecule has 1 fully saturated rings. The molecule has 20 heavy (non-hydrogen) atoms. The van der Waals surface area contributed by atoms with Crippen LogP contribution in [0.5, 0.6) is 0 Å². The summed E-state index contributed by atoms with van der Waals surface area (Å²) in [7, 11) is -6.41. The summed E-state index contributed by atoms with van der Waals surface area (Å²) in [5, 5.41) is 0. The van der Waals surface area contributed by atoms with Gasteiger partial charge in [0.25, 0.3) is 0 Å². The van der Waals surface area contributed by atoms with Gasteiger partial charge in [-0.2, -0.15) is 0 Å². The van der Waals surface area contributed by atoms with E-state index >= 15 is 0 Å². The third kappa shape index (κ3) is 3.24. The van der Waals surface area contributed by atoms with Crippen molar-refractivity contribution in [2.45, 2.75) is 11.3 Å². The largest absolute Gasteiger partial charge is 0.396 e. The molecule has 6 nitrogen and oxygen atoms in total. The molecule has 1 aliphatic rings. The molecule has 0 unspecified atom stereocenters. The van der Waals surface area contributed by atoms with Crippen molar-refractivity contribution < 1.29 is 16.8 Å². The fraction of sp³-hybridized carbons (Fsp3) is 0.500. The molecule has 2 rings (SSSR count). The summed E-state index contributed by atoms with van der Waals surface area (Å²) in [5.41, 5.74) is 6.73. The first-order valence-electron chi connectivity index (χ1n) is 6.25. The van der Waals surface area contributed by atoms with Gasteiger partial charge in [-0.15, -0.1) is 0 Å². The summed E-state index contributed by atoms with van der Waals surface area (Å²) >= 11 is 0. The van der Waals surface area contributed by atoms with Crippen LogP contribution in [0.3, 0.4) is 0 Å². The van der Waals surface area contributed by atoms with Crippen LogP contribution < -0.4 is 10.6 Å². The first-order chi connectivity index (χ1) is 9.21. The molecule has 0 saturated carbocycles. The first kappa shape index (κ1) is 15.1. The van der Waals surface area contributed by atoms with Crippen molar-refractivity contribution in [1.29, 1.82) is 0 Å². The Kier molecular flexibility index (Phi) is 3.97. The van der Waals surface area contributed by atoms with Crippen molar-refractivity contribution in [2.75, 3.05) is 41.5 Å². The standard InChI is InChI=1S/C12H18N2O4S2/c1-19(15,16)11-5-2-4-10(12(11)13)14-6-3-8-20(17,18)9-7-14/h2,4-5H,3,6-9,13H2,1H3. The van der Waals surface area contributed by atoms with E-state index in [1.807, 2.05) is 4.90 Å². The SMILES string of the molecule is CS(=O)(=O)c1cccc(N2CCCS(=O)(=O)CC2)c1N. The van der Waals surface area contributed by atoms with E-state index in [0.717, 1.165) is 6.26 Å². The summed E-state index contributed by atoms with van der Waals surface area (Å²) < 4.78 is 46.5. The number of hydrogen-bond acceptors (Lipinski definition) is 6. The van der Waals surface area contributed by atoms with Crippen LogP contribution >= 0.6 is 0 Å². The maximum Gasteiger partial charge on any atom is 0.177 e. The van der Waals surface area contributed by atoms with E-state index in [4.69, 9.17) is 5.73 Å². The number of nitrogens with zero attached hydrogens (tertiary/aromatic N) is 1. The van der Waals surface area contributed by atoms with Crippen molar-refractivity contribution in [3.8, 4) is 0 Å². The molecule has 0 spiro atoms. The summed E-state index contributed by atoms with van der Waals surface area (Å²) in [6, 6.07) is 4.81. The van der Waals surface area contributed by atoms with Gasteiger partial charge in [0, 0.05) is 19.3 Å². The van der Waals surface area contributed by atoms with Gasteiger partial charge in [-0.05, 0) is 18.6 Å². The van der Waals surface area contributed by atoms with Crippen LogP contribution in [0.25, 0.3) is 0 Å². The lowest BCUT2D eigenvalue weighted by Gasteiger charge is -2.24. The molecule has 0 aliphatic carbocycles. The highest BCUT2D eigenvalue weighted by Crippen LogP contribution is 2.30. The fourth-order valence-corrected chi connectivity index (χ4v) is 4.41. The highest BCUT2D eigenvalue weighted by molar-refractivity contribution is 7.91. The van der Waals surface area contributed by atoms with Gasteiger partial charge in [-0.25, -0.2) is 16.8 Å². The molecule has 1 aromatic carbocycles. The van der Waals surface area contributed by atoms with Crippen molar-refractivity contribution in [3.63, 3.8) is 0 Å². The third-order valence-corrected chi connectivity index (χ3v) is 6.21. The molecular weight excluding hydrogens is 300 g/mol. The number of nitrogens with two attached hydrogens (primary N) is 1. The first-order valence-corrected chi connectivity index (χ1v) is 9.96. The minimum atomic E-state index is -3.40. The Labute approximate surface area is 119 Å². The van der Waals surface area contributed by atoms with Crippen LogP contribution in [-0.4, -0.2) is 47.7 Å². The zero-order valence-electron chi connectivity index (χ0n) is 11.2. The Hall–Kier alpha value is -1.28. The maximum absolute atomic E-state index is 11.7. The third-order valence-electron chi connectivity index (χ3n) is 3.34. The van der Waals surface area contributed by atoms with Crippen LogP contribution in [0, 0.1) is 0 Å². The molecule has 0 radical (unpaired) electrons. The smallest absolute Gasteiger partial charge is 0.177 e. The van der Waals surface area contributed by atoms with Crippen molar-refractivity contribution >= 4 is 31.0 Å². The van der Waals surface area contributed by atoms with E-state index in [0.29, 0.717) is 25.2 Å². The Morgan fingerprint density at radius 3 is 2.55 bits per heavy atom. The number of para-hydroxylation sites is 1. The lowest BCUT2D eigenvalue weighted by atomic mass is 10.2. The second kappa shape index (κ2) is 5.25. The van der Waals surface area contributed by atoms with Crippen molar-refractivity contribution in [3.05, 3.63) is 18.2 Å². The summed E-state index contributed by atoms with van der Waals surface area (Å²) in [4.78, 5) is 1.93. The summed E-state index contributed by atoms with van der Waals surface area (Å²) in [5.74, 6) is 0.227. The predicted octanol–water partition coefficient (Wildman–Crippen LogP) is 0.297. The predicted molar refractivity (Wildman–Crippen MR) is 79.4 cm³/mol. The summed E-state index contributed by atoms with van der Waals surface area (Å²) in [6.07, 6.45) is 1.63. The van der Waals surface area contributed by atoms with Crippen LogP contribution in [0.2, 0.25) is 0 Å². The number of sulfone groups is 2. The molecule has 0 aromatic heterocycles. The van der Waals surface area contributed by atoms with Gasteiger partial charge < -0.3 is 10.6 Å². The van der Waals surface area contributed by atoms with Gasteiger partial charge in [-0.1, -0.05) is 6.07 Å². The quantitative estimate of drug-likeness (QED) is 0.788. The molecule has 112 valence electrons. The lowest BCUT2D eigenvalue weighted by Crippen LogP contribution is -2.27. The van der Waals surface area contributed by atoms with E-state index in [1.165, 1.54) is 6.07 Å². The molecule has 0 amide bonds. The molecule has 1 aromatic rings. The molecule has 0 atom stereocenters. The Bertz CT molecular complexity index is 711.